The van der Waals surface area contributed by atoms with Gasteiger partial charge in [0.05, 0.1) is 0 Å². The number of amides is 5. The van der Waals surface area contributed by atoms with Gasteiger partial charge < -0.3 is 38.1 Å². The Hall–Kier alpha value is -4.16. The summed E-state index contributed by atoms with van der Waals surface area (Å²) in [6, 6.07) is 4.31. The van der Waals surface area contributed by atoms with Crippen molar-refractivity contribution in [1.82, 2.24) is 26.6 Å². The van der Waals surface area contributed by atoms with Crippen LogP contribution in [0.15, 0.2) is 35.3 Å². The molecule has 4 atom stereocenters. The van der Waals surface area contributed by atoms with Gasteiger partial charge in [0.25, 0.3) is 0 Å². The SMILES string of the molecule is CCC1NC(=O)C(CCCN=C(N)N)NC(=O)C(NC(=O)C(C)C)CNC(=O)C(c2ccccc2)NC1=O. The Labute approximate surface area is 221 Å². The van der Waals surface area contributed by atoms with Gasteiger partial charge in [0.2, 0.25) is 29.5 Å². The van der Waals surface area contributed by atoms with Gasteiger partial charge in [0.1, 0.15) is 24.2 Å². The zero-order valence-electron chi connectivity index (χ0n) is 22.0. The van der Waals surface area contributed by atoms with Crippen LogP contribution in [-0.2, 0) is 24.0 Å². The zero-order valence-corrected chi connectivity index (χ0v) is 22.0. The van der Waals surface area contributed by atoms with Crippen molar-refractivity contribution in [2.24, 2.45) is 22.4 Å². The van der Waals surface area contributed by atoms with Crippen molar-refractivity contribution in [3.05, 3.63) is 35.9 Å². The molecule has 2 rings (SSSR count). The summed E-state index contributed by atoms with van der Waals surface area (Å²) >= 11 is 0. The Morgan fingerprint density at radius 2 is 1.61 bits per heavy atom. The highest BCUT2D eigenvalue weighted by Crippen LogP contribution is 2.14. The molecule has 13 heteroatoms. The first-order chi connectivity index (χ1) is 18.0. The van der Waals surface area contributed by atoms with Gasteiger partial charge in [-0.15, -0.1) is 0 Å². The third kappa shape index (κ3) is 9.05. The van der Waals surface area contributed by atoms with E-state index in [4.69, 9.17) is 11.5 Å². The number of guanidine groups is 1. The van der Waals surface area contributed by atoms with Gasteiger partial charge in [0, 0.05) is 19.0 Å². The molecule has 0 bridgehead atoms. The molecule has 0 saturated carbocycles. The van der Waals surface area contributed by atoms with E-state index in [0.29, 0.717) is 12.0 Å². The molecule has 1 aliphatic heterocycles. The third-order valence-corrected chi connectivity index (χ3v) is 5.94. The minimum atomic E-state index is -1.17. The number of nitrogens with zero attached hydrogens (tertiary/aromatic N) is 1. The van der Waals surface area contributed by atoms with Gasteiger partial charge in [-0.2, -0.15) is 0 Å². The van der Waals surface area contributed by atoms with Crippen molar-refractivity contribution in [3.63, 3.8) is 0 Å². The van der Waals surface area contributed by atoms with E-state index in [-0.39, 0.29) is 31.9 Å². The molecule has 1 aliphatic rings. The molecule has 38 heavy (non-hydrogen) atoms. The Morgan fingerprint density at radius 3 is 2.21 bits per heavy atom. The lowest BCUT2D eigenvalue weighted by Crippen LogP contribution is -2.58. The maximum atomic E-state index is 13.2. The van der Waals surface area contributed by atoms with E-state index in [1.54, 1.807) is 51.1 Å². The van der Waals surface area contributed by atoms with Gasteiger partial charge >= 0.3 is 0 Å². The van der Waals surface area contributed by atoms with Crippen LogP contribution in [0.1, 0.15) is 51.6 Å². The second-order valence-corrected chi connectivity index (χ2v) is 9.29. The van der Waals surface area contributed by atoms with E-state index in [1.165, 1.54) is 0 Å². The van der Waals surface area contributed by atoms with Crippen LogP contribution in [0.3, 0.4) is 0 Å². The van der Waals surface area contributed by atoms with Crippen LogP contribution in [0.25, 0.3) is 0 Å². The molecule has 1 aromatic rings. The van der Waals surface area contributed by atoms with Crippen LogP contribution < -0.4 is 38.1 Å². The number of carbonyl (C=O) groups excluding carboxylic acids is 5. The Balaban J connectivity index is 2.41. The molecular formula is C25H38N8O5. The lowest BCUT2D eigenvalue weighted by Gasteiger charge is -2.24. The molecule has 9 N–H and O–H groups in total. The quantitative estimate of drug-likeness (QED) is 0.121. The van der Waals surface area contributed by atoms with Gasteiger partial charge in [-0.1, -0.05) is 51.1 Å². The maximum Gasteiger partial charge on any atom is 0.247 e. The molecule has 1 fully saturated rings. The second kappa shape index (κ2) is 14.5. The first-order valence-corrected chi connectivity index (χ1v) is 12.6. The average Bonchev–Trinajstić information content (AvgIpc) is 2.89. The summed E-state index contributed by atoms with van der Waals surface area (Å²) in [5.74, 6) is -3.32. The first kappa shape index (κ1) is 30.1. The number of rotatable bonds is 8. The molecule has 1 aromatic carbocycles. The van der Waals surface area contributed by atoms with Crippen LogP contribution >= 0.6 is 0 Å². The number of hydrogen-bond acceptors (Lipinski definition) is 6. The molecule has 0 aromatic heterocycles. The average molecular weight is 531 g/mol. The molecule has 5 amide bonds. The van der Waals surface area contributed by atoms with Crippen molar-refractivity contribution in [3.8, 4) is 0 Å². The third-order valence-electron chi connectivity index (χ3n) is 5.94. The molecule has 13 nitrogen and oxygen atoms in total. The number of nitrogens with one attached hydrogen (secondary N) is 5. The second-order valence-electron chi connectivity index (χ2n) is 9.29. The highest BCUT2D eigenvalue weighted by molar-refractivity contribution is 5.96. The van der Waals surface area contributed by atoms with Crippen LogP contribution in [0.2, 0.25) is 0 Å². The normalized spacial score (nSPS) is 22.9. The Bertz CT molecular complexity index is 1030. The first-order valence-electron chi connectivity index (χ1n) is 12.6. The predicted octanol–water partition coefficient (Wildman–Crippen LogP) is -1.45. The lowest BCUT2D eigenvalue weighted by atomic mass is 10.0. The van der Waals surface area contributed by atoms with Crippen LogP contribution in [0.4, 0.5) is 0 Å². The van der Waals surface area contributed by atoms with Gasteiger partial charge in [-0.25, -0.2) is 0 Å². The van der Waals surface area contributed by atoms with Crippen LogP contribution in [-0.4, -0.2) is 66.7 Å². The summed E-state index contributed by atoms with van der Waals surface area (Å²) in [7, 11) is 0. The van der Waals surface area contributed by atoms with Gasteiger partial charge in [-0.3, -0.25) is 29.0 Å². The summed E-state index contributed by atoms with van der Waals surface area (Å²) in [6.45, 7) is 5.00. The molecule has 1 saturated heterocycles. The molecular weight excluding hydrogens is 492 g/mol. The number of hydrogen-bond donors (Lipinski definition) is 7. The van der Waals surface area contributed by atoms with E-state index in [0.717, 1.165) is 0 Å². The smallest absolute Gasteiger partial charge is 0.247 e. The number of benzene rings is 1. The summed E-state index contributed by atoms with van der Waals surface area (Å²) in [5.41, 5.74) is 11.2. The summed E-state index contributed by atoms with van der Waals surface area (Å²) in [5, 5.41) is 13.3. The van der Waals surface area contributed by atoms with Crippen molar-refractivity contribution in [1.29, 1.82) is 0 Å². The van der Waals surface area contributed by atoms with Crippen molar-refractivity contribution in [2.75, 3.05) is 13.1 Å². The standard InChI is InChI=1S/C25H38N8O5/c1-4-16-21(35)33-19(15-9-6-5-7-10-15)24(38)29-13-18(32-20(34)14(2)3)23(37)31-17(22(36)30-16)11-8-12-28-25(26)27/h5-7,9-10,14,16-19H,4,8,11-13H2,1-3H3,(H,29,38)(H,30,36)(H,31,37)(H,32,34)(H,33,35)(H4,26,27,28). The fourth-order valence-electron chi connectivity index (χ4n) is 3.71. The van der Waals surface area contributed by atoms with Crippen molar-refractivity contribution < 1.29 is 24.0 Å². The number of aliphatic imine (C=N–C) groups is 1. The zero-order chi connectivity index (χ0) is 28.2. The van der Waals surface area contributed by atoms with E-state index < -0.39 is 59.6 Å². The van der Waals surface area contributed by atoms with Crippen molar-refractivity contribution in [2.45, 2.75) is 64.2 Å². The van der Waals surface area contributed by atoms with Crippen molar-refractivity contribution >= 4 is 35.5 Å². The molecule has 0 spiro atoms. The molecule has 0 aliphatic carbocycles. The van der Waals surface area contributed by atoms with E-state index >= 15 is 0 Å². The lowest BCUT2D eigenvalue weighted by molar-refractivity contribution is -0.134. The molecule has 4 unspecified atom stereocenters. The molecule has 208 valence electrons. The minimum Gasteiger partial charge on any atom is -0.370 e. The largest absolute Gasteiger partial charge is 0.370 e. The molecule has 1 heterocycles. The summed E-state index contributed by atoms with van der Waals surface area (Å²) < 4.78 is 0. The Morgan fingerprint density at radius 1 is 0.974 bits per heavy atom. The van der Waals surface area contributed by atoms with E-state index in [9.17, 15) is 24.0 Å². The highest BCUT2D eigenvalue weighted by atomic mass is 16.2. The van der Waals surface area contributed by atoms with Gasteiger partial charge in [-0.05, 0) is 24.8 Å². The minimum absolute atomic E-state index is 0.101. The summed E-state index contributed by atoms with van der Waals surface area (Å²) in [6.07, 6.45) is 0.758. The fourth-order valence-corrected chi connectivity index (χ4v) is 3.71. The topological polar surface area (TPSA) is 210 Å². The highest BCUT2D eigenvalue weighted by Gasteiger charge is 2.33. The van der Waals surface area contributed by atoms with E-state index in [1.807, 2.05) is 0 Å². The number of carbonyl (C=O) groups is 5. The van der Waals surface area contributed by atoms with Gasteiger partial charge in [0.15, 0.2) is 5.96 Å². The van der Waals surface area contributed by atoms with Crippen LogP contribution in [0.5, 0.6) is 0 Å². The van der Waals surface area contributed by atoms with E-state index in [2.05, 4.69) is 31.6 Å². The number of nitrogens with two attached hydrogens (primary N) is 2. The summed E-state index contributed by atoms with van der Waals surface area (Å²) in [4.78, 5) is 69.1. The monoisotopic (exact) mass is 530 g/mol. The van der Waals surface area contributed by atoms with Crippen LogP contribution in [0, 0.1) is 5.92 Å². The maximum absolute atomic E-state index is 13.2. The predicted molar refractivity (Wildman–Crippen MR) is 141 cm³/mol. The molecule has 0 radical (unpaired) electrons. The Kier molecular flexibility index (Phi) is 11.5. The fraction of sp³-hybridized carbons (Fsp3) is 0.520.